The maximum absolute atomic E-state index is 12.7. The van der Waals surface area contributed by atoms with Gasteiger partial charge in [0.2, 0.25) is 5.95 Å². The van der Waals surface area contributed by atoms with Crippen LogP contribution in [0.1, 0.15) is 12.1 Å². The number of nitrogens with one attached hydrogen (secondary N) is 1. The third-order valence-corrected chi connectivity index (χ3v) is 3.44. The second-order valence-corrected chi connectivity index (χ2v) is 4.54. The second kappa shape index (κ2) is 4.75. The summed E-state index contributed by atoms with van der Waals surface area (Å²) < 4.78 is 12.7. The number of nitrogens with zero attached hydrogens (tertiary/aromatic N) is 1. The van der Waals surface area contributed by atoms with Crippen LogP contribution in [-0.2, 0) is 6.54 Å². The topological polar surface area (TPSA) is 24.9 Å². The number of hydrogen-bond donors (Lipinski definition) is 1. The van der Waals surface area contributed by atoms with Gasteiger partial charge >= 0.3 is 0 Å². The standard InChI is InChI=1S/C10H13FN2S/c11-10-3-1-2-8(13-10)6-12-9-4-5-14-7-9/h1-3,9,12H,4-7H2. The van der Waals surface area contributed by atoms with Crippen LogP contribution in [0.15, 0.2) is 18.2 Å². The molecular formula is C10H13FN2S. The van der Waals surface area contributed by atoms with Gasteiger partial charge in [-0.25, -0.2) is 4.98 Å². The maximum atomic E-state index is 12.7. The van der Waals surface area contributed by atoms with Crippen LogP contribution in [0.5, 0.6) is 0 Å². The van der Waals surface area contributed by atoms with Gasteiger partial charge in [-0.15, -0.1) is 0 Å². The largest absolute Gasteiger partial charge is 0.308 e. The van der Waals surface area contributed by atoms with E-state index in [0.717, 1.165) is 11.4 Å². The lowest BCUT2D eigenvalue weighted by molar-refractivity contribution is 0.534. The minimum absolute atomic E-state index is 0.398. The molecule has 2 heterocycles. The normalized spacial score (nSPS) is 21.4. The highest BCUT2D eigenvalue weighted by Crippen LogP contribution is 2.17. The first-order chi connectivity index (χ1) is 6.84. The molecule has 0 spiro atoms. The Balaban J connectivity index is 1.85. The molecule has 2 nitrogen and oxygen atoms in total. The number of halogens is 1. The average molecular weight is 212 g/mol. The summed E-state index contributed by atoms with van der Waals surface area (Å²) in [5.74, 6) is 1.99. The number of aromatic nitrogens is 1. The number of hydrogen-bond acceptors (Lipinski definition) is 3. The third-order valence-electron chi connectivity index (χ3n) is 2.27. The van der Waals surface area contributed by atoms with Crippen LogP contribution in [0.2, 0.25) is 0 Å². The molecule has 1 atom stereocenters. The van der Waals surface area contributed by atoms with E-state index in [1.165, 1.54) is 18.2 Å². The second-order valence-electron chi connectivity index (χ2n) is 3.39. The summed E-state index contributed by atoms with van der Waals surface area (Å²) in [7, 11) is 0. The molecular weight excluding hydrogens is 199 g/mol. The Morgan fingerprint density at radius 3 is 3.21 bits per heavy atom. The van der Waals surface area contributed by atoms with Crippen molar-refractivity contribution in [3.8, 4) is 0 Å². The highest BCUT2D eigenvalue weighted by Gasteiger charge is 2.14. The Hall–Kier alpha value is -0.610. The third kappa shape index (κ3) is 2.69. The molecule has 1 unspecified atom stereocenters. The van der Waals surface area contributed by atoms with E-state index in [0.29, 0.717) is 12.6 Å². The first-order valence-corrected chi connectivity index (χ1v) is 5.92. The Morgan fingerprint density at radius 1 is 1.57 bits per heavy atom. The summed E-state index contributed by atoms with van der Waals surface area (Å²) in [6, 6.07) is 5.49. The smallest absolute Gasteiger partial charge is 0.213 e. The van der Waals surface area contributed by atoms with E-state index >= 15 is 0 Å². The van der Waals surface area contributed by atoms with Gasteiger partial charge in [-0.05, 0) is 24.3 Å². The highest BCUT2D eigenvalue weighted by molar-refractivity contribution is 7.99. The van der Waals surface area contributed by atoms with E-state index in [1.54, 1.807) is 6.07 Å². The van der Waals surface area contributed by atoms with Crippen LogP contribution >= 0.6 is 11.8 Å². The van der Waals surface area contributed by atoms with Crippen molar-refractivity contribution >= 4 is 11.8 Å². The molecule has 1 aromatic heterocycles. The van der Waals surface area contributed by atoms with Crippen molar-refractivity contribution in [2.24, 2.45) is 0 Å². The molecule has 0 aliphatic carbocycles. The predicted molar refractivity (Wildman–Crippen MR) is 56.8 cm³/mol. The van der Waals surface area contributed by atoms with Gasteiger partial charge in [-0.1, -0.05) is 6.07 Å². The van der Waals surface area contributed by atoms with Gasteiger partial charge in [-0.2, -0.15) is 16.2 Å². The average Bonchev–Trinajstić information content (AvgIpc) is 2.67. The van der Waals surface area contributed by atoms with E-state index in [1.807, 2.05) is 17.8 Å². The zero-order valence-electron chi connectivity index (χ0n) is 7.87. The summed E-state index contributed by atoms with van der Waals surface area (Å²) in [4.78, 5) is 3.80. The zero-order chi connectivity index (χ0) is 9.80. The number of rotatable bonds is 3. The molecule has 1 fully saturated rings. The molecule has 76 valence electrons. The molecule has 1 aromatic rings. The zero-order valence-corrected chi connectivity index (χ0v) is 8.69. The lowest BCUT2D eigenvalue weighted by Crippen LogP contribution is -2.28. The Bertz CT molecular complexity index is 300. The van der Waals surface area contributed by atoms with E-state index in [9.17, 15) is 4.39 Å². The quantitative estimate of drug-likeness (QED) is 0.774. The van der Waals surface area contributed by atoms with Crippen LogP contribution in [-0.4, -0.2) is 22.5 Å². The first kappa shape index (κ1) is 9.93. The van der Waals surface area contributed by atoms with Gasteiger partial charge in [0, 0.05) is 18.3 Å². The van der Waals surface area contributed by atoms with Crippen LogP contribution in [0, 0.1) is 5.95 Å². The molecule has 14 heavy (non-hydrogen) atoms. The molecule has 1 saturated heterocycles. The lowest BCUT2D eigenvalue weighted by atomic mass is 10.2. The van der Waals surface area contributed by atoms with E-state index in [-0.39, 0.29) is 0 Å². The molecule has 1 N–H and O–H groups in total. The van der Waals surface area contributed by atoms with Crippen molar-refractivity contribution in [3.63, 3.8) is 0 Å². The van der Waals surface area contributed by atoms with Gasteiger partial charge in [-0.3, -0.25) is 0 Å². The molecule has 1 aliphatic rings. The van der Waals surface area contributed by atoms with E-state index in [4.69, 9.17) is 0 Å². The summed E-state index contributed by atoms with van der Waals surface area (Å²) in [5.41, 5.74) is 0.780. The number of pyridine rings is 1. The molecule has 0 bridgehead atoms. The molecule has 0 aromatic carbocycles. The fourth-order valence-corrected chi connectivity index (χ4v) is 2.68. The van der Waals surface area contributed by atoms with E-state index < -0.39 is 5.95 Å². The SMILES string of the molecule is Fc1cccc(CNC2CCSC2)n1. The fourth-order valence-electron chi connectivity index (χ4n) is 1.49. The Morgan fingerprint density at radius 2 is 2.50 bits per heavy atom. The number of thioether (sulfide) groups is 1. The molecule has 1 aliphatic heterocycles. The monoisotopic (exact) mass is 212 g/mol. The fraction of sp³-hybridized carbons (Fsp3) is 0.500. The van der Waals surface area contributed by atoms with Gasteiger partial charge in [0.1, 0.15) is 0 Å². The molecule has 0 saturated carbocycles. The summed E-state index contributed by atoms with van der Waals surface area (Å²) in [5, 5.41) is 3.38. The van der Waals surface area contributed by atoms with Crippen LogP contribution < -0.4 is 5.32 Å². The lowest BCUT2D eigenvalue weighted by Gasteiger charge is -2.10. The summed E-state index contributed by atoms with van der Waals surface area (Å²) >= 11 is 1.96. The van der Waals surface area contributed by atoms with E-state index in [2.05, 4.69) is 10.3 Å². The Kier molecular flexibility index (Phi) is 3.37. The van der Waals surface area contributed by atoms with Crippen molar-refractivity contribution < 1.29 is 4.39 Å². The minimum atomic E-state index is -0.398. The summed E-state index contributed by atoms with van der Waals surface area (Å²) in [6.45, 7) is 0.670. The van der Waals surface area contributed by atoms with Crippen LogP contribution in [0.4, 0.5) is 4.39 Å². The van der Waals surface area contributed by atoms with Crippen molar-refractivity contribution in [2.45, 2.75) is 19.0 Å². The highest BCUT2D eigenvalue weighted by atomic mass is 32.2. The van der Waals surface area contributed by atoms with Crippen LogP contribution in [0.3, 0.4) is 0 Å². The maximum Gasteiger partial charge on any atom is 0.213 e. The van der Waals surface area contributed by atoms with Gasteiger partial charge in [0.25, 0.3) is 0 Å². The molecule has 4 heteroatoms. The van der Waals surface area contributed by atoms with Crippen molar-refractivity contribution in [2.75, 3.05) is 11.5 Å². The van der Waals surface area contributed by atoms with Crippen molar-refractivity contribution in [3.05, 3.63) is 29.8 Å². The Labute approximate surface area is 87.3 Å². The van der Waals surface area contributed by atoms with Crippen molar-refractivity contribution in [1.82, 2.24) is 10.3 Å². The molecule has 2 rings (SSSR count). The minimum Gasteiger partial charge on any atom is -0.308 e. The van der Waals surface area contributed by atoms with Gasteiger partial charge in [0.15, 0.2) is 0 Å². The first-order valence-electron chi connectivity index (χ1n) is 4.77. The molecule has 0 amide bonds. The van der Waals surface area contributed by atoms with Crippen molar-refractivity contribution in [1.29, 1.82) is 0 Å². The summed E-state index contributed by atoms with van der Waals surface area (Å²) in [6.07, 6.45) is 1.21. The van der Waals surface area contributed by atoms with Crippen LogP contribution in [0.25, 0.3) is 0 Å². The van der Waals surface area contributed by atoms with Gasteiger partial charge in [0.05, 0.1) is 5.69 Å². The predicted octanol–water partition coefficient (Wildman–Crippen LogP) is 1.82. The van der Waals surface area contributed by atoms with Gasteiger partial charge < -0.3 is 5.32 Å². The molecule has 0 radical (unpaired) electrons.